The maximum Gasteiger partial charge on any atom is 0.220 e. The third-order valence-corrected chi connectivity index (χ3v) is 19.9. The number of amides is 1. The molecule has 0 radical (unpaired) electrons. The molecule has 17 unspecified atom stereocenters. The molecule has 0 bridgehead atoms. The maximum atomic E-state index is 13.5. The quantitative estimate of drug-likeness (QED) is 0.0199. The van der Waals surface area contributed by atoms with Gasteiger partial charge in [0.1, 0.15) is 73.2 Å². The molecule has 3 fully saturated rings. The summed E-state index contributed by atoms with van der Waals surface area (Å²) in [6, 6.07) is -0.996. The number of unbranched alkanes of at least 4 members (excludes halogenated alkanes) is 43. The molecule has 3 aliphatic rings. The van der Waals surface area contributed by atoms with Gasteiger partial charge in [0.25, 0.3) is 0 Å². The van der Waals surface area contributed by atoms with Crippen LogP contribution in [0.1, 0.15) is 322 Å². The van der Waals surface area contributed by atoms with Gasteiger partial charge in [0.15, 0.2) is 18.9 Å². The van der Waals surface area contributed by atoms with Gasteiger partial charge in [-0.15, -0.1) is 0 Å². The fourth-order valence-electron chi connectivity index (χ4n) is 13.5. The number of carbonyl (C=O) groups excluding carboxylic acids is 1. The lowest BCUT2D eigenvalue weighted by Gasteiger charge is -2.48. The van der Waals surface area contributed by atoms with Gasteiger partial charge in [-0.3, -0.25) is 4.79 Å². The Morgan fingerprint density at radius 1 is 0.361 bits per heavy atom. The third kappa shape index (κ3) is 40.0. The molecule has 0 aromatic carbocycles. The first-order valence-electron chi connectivity index (χ1n) is 39.7. The van der Waals surface area contributed by atoms with Crippen LogP contribution in [-0.4, -0.2) is 193 Å². The Bertz CT molecular complexity index is 1900. The Labute approximate surface area is 587 Å². The van der Waals surface area contributed by atoms with Gasteiger partial charge in [-0.05, 0) is 44.9 Å². The molecule has 0 aliphatic carbocycles. The highest BCUT2D eigenvalue weighted by molar-refractivity contribution is 5.76. The van der Waals surface area contributed by atoms with Crippen molar-refractivity contribution in [1.82, 2.24) is 5.32 Å². The van der Waals surface area contributed by atoms with Gasteiger partial charge in [0, 0.05) is 6.42 Å². The van der Waals surface area contributed by atoms with Gasteiger partial charge in [-0.1, -0.05) is 307 Å². The molecule has 3 aliphatic heterocycles. The number of hydrogen-bond acceptors (Lipinski definition) is 18. The maximum absolute atomic E-state index is 13.5. The van der Waals surface area contributed by atoms with Gasteiger partial charge in [0.2, 0.25) is 5.91 Å². The van der Waals surface area contributed by atoms with Gasteiger partial charge in [-0.25, -0.2) is 0 Å². The van der Waals surface area contributed by atoms with E-state index in [1.807, 2.05) is 6.08 Å². The van der Waals surface area contributed by atoms with Crippen LogP contribution in [0, 0.1) is 0 Å². The monoisotopic (exact) mass is 1380 g/mol. The van der Waals surface area contributed by atoms with E-state index < -0.39 is 124 Å². The molecule has 0 spiro atoms. The SMILES string of the molecule is CCCCCCCCCCCCCCCCCCCCC/C=C/CC/C=C/CC/C=C/C(O)C(COC1OC(CO)C(OC2OC(CO)C(OC3OC(CO)C(O)C(O)C3O)C(O)C2O)C(O)C1O)NC(=O)CCCCCCCCCCCCCCCCCCCCCCCCC. The first-order chi connectivity index (χ1) is 47.3. The predicted octanol–water partition coefficient (Wildman–Crippen LogP) is 12.7. The molecular formula is C78H145NO18. The molecule has 12 N–H and O–H groups in total. The number of carbonyl (C=O) groups is 1. The van der Waals surface area contributed by atoms with Gasteiger partial charge in [0.05, 0.1) is 38.6 Å². The average molecular weight is 1390 g/mol. The van der Waals surface area contributed by atoms with E-state index in [-0.39, 0.29) is 18.9 Å². The Hall–Kier alpha value is -1.99. The van der Waals surface area contributed by atoms with Crippen molar-refractivity contribution >= 4 is 5.91 Å². The van der Waals surface area contributed by atoms with E-state index in [4.69, 9.17) is 28.4 Å². The zero-order chi connectivity index (χ0) is 70.4. The second-order valence-corrected chi connectivity index (χ2v) is 28.5. The molecule has 3 heterocycles. The van der Waals surface area contributed by atoms with Crippen LogP contribution in [0.2, 0.25) is 0 Å². The summed E-state index contributed by atoms with van der Waals surface area (Å²) >= 11 is 0. The van der Waals surface area contributed by atoms with E-state index in [0.717, 1.165) is 44.9 Å². The van der Waals surface area contributed by atoms with Crippen LogP contribution in [-0.2, 0) is 33.2 Å². The number of rotatable bonds is 63. The summed E-state index contributed by atoms with van der Waals surface area (Å²) in [7, 11) is 0. The molecule has 3 saturated heterocycles. The smallest absolute Gasteiger partial charge is 0.220 e. The molecule has 17 atom stereocenters. The zero-order valence-electron chi connectivity index (χ0n) is 60.8. The van der Waals surface area contributed by atoms with Crippen molar-refractivity contribution in [3.05, 3.63) is 36.5 Å². The first kappa shape index (κ1) is 89.2. The van der Waals surface area contributed by atoms with Crippen LogP contribution in [0.25, 0.3) is 0 Å². The molecule has 0 saturated carbocycles. The lowest BCUT2D eigenvalue weighted by atomic mass is 9.96. The van der Waals surface area contributed by atoms with Crippen molar-refractivity contribution in [3.63, 3.8) is 0 Å². The largest absolute Gasteiger partial charge is 0.394 e. The molecule has 0 aromatic heterocycles. The lowest BCUT2D eigenvalue weighted by Crippen LogP contribution is -2.66. The first-order valence-corrected chi connectivity index (χ1v) is 39.7. The fraction of sp³-hybridized carbons (Fsp3) is 0.910. The summed E-state index contributed by atoms with van der Waals surface area (Å²) < 4.78 is 34.4. The van der Waals surface area contributed by atoms with E-state index in [0.29, 0.717) is 12.8 Å². The normalized spacial score (nSPS) is 27.0. The molecule has 19 nitrogen and oxygen atoms in total. The standard InChI is InChI=1S/C78H145NO18/c1-3-5-7-9-11-13-15-17-19-21-23-25-27-28-29-30-31-32-34-35-37-39-41-43-45-47-49-51-53-55-62(83)61(79-66(84)56-54-52-50-48-46-44-42-40-38-36-33-26-24-22-20-18-16-14-12-10-8-6-4-2)60-92-76-72(90)69(87)74(64(58-81)94-76)97-78-73(91)70(88)75(65(59-82)95-78)96-77-71(89)68(86)67(85)63(57-80)93-77/h37,39,45,47,53,55,61-65,67-78,80-83,85-91H,3-36,38,40-44,46,48-52,54,56-60H2,1-2H3,(H,79,84)/b39-37+,47-45+,55-53+. The number of allylic oxidation sites excluding steroid dienone is 5. The third-order valence-electron chi connectivity index (χ3n) is 19.9. The molecule has 19 heteroatoms. The van der Waals surface area contributed by atoms with Gasteiger partial charge in [-0.2, -0.15) is 0 Å². The summed E-state index contributed by atoms with van der Waals surface area (Å²) in [5.74, 6) is -0.283. The number of nitrogens with one attached hydrogen (secondary N) is 1. The van der Waals surface area contributed by atoms with Crippen LogP contribution in [0.15, 0.2) is 36.5 Å². The van der Waals surface area contributed by atoms with Crippen LogP contribution in [0.4, 0.5) is 0 Å². The summed E-state index contributed by atoms with van der Waals surface area (Å²) in [4.78, 5) is 13.5. The van der Waals surface area contributed by atoms with Crippen LogP contribution >= 0.6 is 0 Å². The van der Waals surface area contributed by atoms with E-state index in [9.17, 15) is 61.0 Å². The van der Waals surface area contributed by atoms with Crippen molar-refractivity contribution in [2.75, 3.05) is 26.4 Å². The highest BCUT2D eigenvalue weighted by atomic mass is 16.8. The Kier molecular flexibility index (Phi) is 54.6. The van der Waals surface area contributed by atoms with Crippen molar-refractivity contribution in [1.29, 1.82) is 0 Å². The summed E-state index contributed by atoms with van der Waals surface area (Å²) in [6.45, 7) is 1.76. The summed E-state index contributed by atoms with van der Waals surface area (Å²) in [6.07, 6.45) is 45.7. The predicted molar refractivity (Wildman–Crippen MR) is 383 cm³/mol. The molecule has 570 valence electrons. The van der Waals surface area contributed by atoms with Crippen molar-refractivity contribution in [2.24, 2.45) is 0 Å². The highest BCUT2D eigenvalue weighted by Gasteiger charge is 2.53. The topological polar surface area (TPSA) is 307 Å². The minimum atomic E-state index is -1.98. The average Bonchev–Trinajstić information content (AvgIpc) is 0.789. The number of aliphatic hydroxyl groups excluding tert-OH is 11. The zero-order valence-corrected chi connectivity index (χ0v) is 60.8. The fourth-order valence-corrected chi connectivity index (χ4v) is 13.5. The molecular weight excluding hydrogens is 1240 g/mol. The van der Waals surface area contributed by atoms with E-state index in [1.165, 1.54) is 244 Å². The van der Waals surface area contributed by atoms with Crippen molar-refractivity contribution in [2.45, 2.75) is 426 Å². The Morgan fingerprint density at radius 3 is 1.03 bits per heavy atom. The number of ether oxygens (including phenoxy) is 6. The van der Waals surface area contributed by atoms with Crippen LogP contribution in [0.5, 0.6) is 0 Å². The lowest BCUT2D eigenvalue weighted by molar-refractivity contribution is -0.379. The van der Waals surface area contributed by atoms with Crippen molar-refractivity contribution < 1.29 is 89.4 Å². The minimum Gasteiger partial charge on any atom is -0.394 e. The van der Waals surface area contributed by atoms with E-state index >= 15 is 0 Å². The van der Waals surface area contributed by atoms with E-state index in [2.05, 4.69) is 43.5 Å². The number of hydrogen-bond donors (Lipinski definition) is 12. The summed E-state index contributed by atoms with van der Waals surface area (Å²) in [5, 5.41) is 121. The summed E-state index contributed by atoms with van der Waals surface area (Å²) in [5.41, 5.74) is 0. The second kappa shape index (κ2) is 59.4. The van der Waals surface area contributed by atoms with Crippen molar-refractivity contribution in [3.8, 4) is 0 Å². The molecule has 1 amide bonds. The highest BCUT2D eigenvalue weighted by Crippen LogP contribution is 2.33. The van der Waals surface area contributed by atoms with E-state index in [1.54, 1.807) is 6.08 Å². The van der Waals surface area contributed by atoms with Gasteiger partial charge >= 0.3 is 0 Å². The number of aliphatic hydroxyl groups is 11. The van der Waals surface area contributed by atoms with Gasteiger partial charge < -0.3 is 89.9 Å². The Balaban J connectivity index is 1.40. The van der Waals surface area contributed by atoms with Crippen LogP contribution < -0.4 is 5.32 Å². The Morgan fingerprint density at radius 2 is 0.660 bits per heavy atom. The molecule has 3 rings (SSSR count). The second-order valence-electron chi connectivity index (χ2n) is 28.5. The minimum absolute atomic E-state index is 0.236. The van der Waals surface area contributed by atoms with Crippen LogP contribution in [0.3, 0.4) is 0 Å². The molecule has 97 heavy (non-hydrogen) atoms. The molecule has 0 aromatic rings.